The molecule has 1 rings (SSSR count). The number of nitrogens with two attached hydrogens (primary N) is 1. The van der Waals surface area contributed by atoms with E-state index >= 15 is 0 Å². The van der Waals surface area contributed by atoms with Gasteiger partial charge in [-0.25, -0.2) is 9.97 Å². The van der Waals surface area contributed by atoms with Crippen molar-refractivity contribution in [2.75, 3.05) is 6.54 Å². The Kier molecular flexibility index (Phi) is 4.57. The van der Waals surface area contributed by atoms with Gasteiger partial charge in [0.05, 0.1) is 5.56 Å². The molecule has 0 bridgehead atoms. The second kappa shape index (κ2) is 5.72. The topological polar surface area (TPSA) is 80.9 Å². The van der Waals surface area contributed by atoms with Crippen molar-refractivity contribution < 1.29 is 4.79 Å². The largest absolute Gasteiger partial charge is 0.350 e. The van der Waals surface area contributed by atoms with Crippen molar-refractivity contribution in [3.63, 3.8) is 0 Å². The predicted molar refractivity (Wildman–Crippen MR) is 66.4 cm³/mol. The highest BCUT2D eigenvalue weighted by Gasteiger charge is 2.16. The van der Waals surface area contributed by atoms with Gasteiger partial charge in [-0.15, -0.1) is 0 Å². The molecular weight excluding hydrogens is 216 g/mol. The summed E-state index contributed by atoms with van der Waals surface area (Å²) >= 11 is 0. The summed E-state index contributed by atoms with van der Waals surface area (Å²) in [7, 11) is 0. The lowest BCUT2D eigenvalue weighted by Crippen LogP contribution is -2.39. The third-order valence-electron chi connectivity index (χ3n) is 2.22. The second-order valence-corrected chi connectivity index (χ2v) is 5.36. The molecule has 1 amide bonds. The minimum absolute atomic E-state index is 0.0384. The molecule has 0 aliphatic carbocycles. The first-order valence-corrected chi connectivity index (χ1v) is 5.67. The lowest BCUT2D eigenvalue weighted by molar-refractivity contribution is 0.0948. The highest BCUT2D eigenvalue weighted by Crippen LogP contribution is 2.19. The van der Waals surface area contributed by atoms with Gasteiger partial charge < -0.3 is 11.1 Å². The number of carbonyl (C=O) groups is 1. The summed E-state index contributed by atoms with van der Waals surface area (Å²) in [4.78, 5) is 19.2. The lowest BCUT2D eigenvalue weighted by Gasteiger charge is -2.23. The Hall–Kier alpha value is -1.49. The van der Waals surface area contributed by atoms with Crippen LogP contribution in [0.3, 0.4) is 0 Å². The van der Waals surface area contributed by atoms with Gasteiger partial charge in [-0.2, -0.15) is 0 Å². The number of nitrogens with zero attached hydrogens (tertiary/aromatic N) is 2. The van der Waals surface area contributed by atoms with Crippen LogP contribution in [-0.4, -0.2) is 28.5 Å². The standard InChI is InChI=1S/C12H20N4O/c1-12(2,3)4-10(13)7-16-11(17)9-5-14-8-15-6-9/h5-6,8,10H,4,7,13H2,1-3H3,(H,16,17). The summed E-state index contributed by atoms with van der Waals surface area (Å²) in [5, 5.41) is 2.78. The normalized spacial score (nSPS) is 13.2. The Morgan fingerprint density at radius 3 is 2.53 bits per heavy atom. The van der Waals surface area contributed by atoms with E-state index in [1.807, 2.05) is 0 Å². The molecule has 1 unspecified atom stereocenters. The van der Waals surface area contributed by atoms with Crippen LogP contribution >= 0.6 is 0 Å². The molecular formula is C12H20N4O. The third kappa shape index (κ3) is 5.40. The third-order valence-corrected chi connectivity index (χ3v) is 2.22. The first kappa shape index (κ1) is 13.6. The van der Waals surface area contributed by atoms with E-state index in [9.17, 15) is 4.79 Å². The van der Waals surface area contributed by atoms with Gasteiger partial charge in [-0.05, 0) is 11.8 Å². The van der Waals surface area contributed by atoms with Crippen LogP contribution in [0.5, 0.6) is 0 Å². The van der Waals surface area contributed by atoms with Gasteiger partial charge >= 0.3 is 0 Å². The summed E-state index contributed by atoms with van der Waals surface area (Å²) < 4.78 is 0. The zero-order valence-electron chi connectivity index (χ0n) is 10.6. The van der Waals surface area contributed by atoms with E-state index in [4.69, 9.17) is 5.73 Å². The van der Waals surface area contributed by atoms with Crippen LogP contribution in [0.15, 0.2) is 18.7 Å². The summed E-state index contributed by atoms with van der Waals surface area (Å²) in [5.41, 5.74) is 6.56. The van der Waals surface area contributed by atoms with Crippen LogP contribution in [0.4, 0.5) is 0 Å². The predicted octanol–water partition coefficient (Wildman–Crippen LogP) is 0.970. The van der Waals surface area contributed by atoms with Crippen LogP contribution < -0.4 is 11.1 Å². The summed E-state index contributed by atoms with van der Waals surface area (Å²) in [6.07, 6.45) is 5.22. The van der Waals surface area contributed by atoms with E-state index in [1.165, 1.54) is 18.7 Å². The fourth-order valence-electron chi connectivity index (χ4n) is 1.60. The summed E-state index contributed by atoms with van der Waals surface area (Å²) in [6.45, 7) is 6.84. The van der Waals surface area contributed by atoms with Crippen molar-refractivity contribution in [3.8, 4) is 0 Å². The number of amides is 1. The molecule has 0 radical (unpaired) electrons. The molecule has 0 saturated heterocycles. The zero-order chi connectivity index (χ0) is 12.9. The number of aromatic nitrogens is 2. The van der Waals surface area contributed by atoms with Crippen LogP contribution in [0.25, 0.3) is 0 Å². The number of hydrogen-bond acceptors (Lipinski definition) is 4. The molecule has 0 spiro atoms. The maximum Gasteiger partial charge on any atom is 0.254 e. The molecule has 0 aromatic carbocycles. The molecule has 0 aliphatic rings. The van der Waals surface area contributed by atoms with Crippen LogP contribution in [0.2, 0.25) is 0 Å². The summed E-state index contributed by atoms with van der Waals surface area (Å²) in [5.74, 6) is -0.185. The highest BCUT2D eigenvalue weighted by molar-refractivity contribution is 5.93. The minimum atomic E-state index is -0.185. The first-order chi connectivity index (χ1) is 7.88. The highest BCUT2D eigenvalue weighted by atomic mass is 16.1. The molecule has 3 N–H and O–H groups in total. The Bertz CT molecular complexity index is 359. The Morgan fingerprint density at radius 1 is 1.41 bits per heavy atom. The van der Waals surface area contributed by atoms with Crippen molar-refractivity contribution in [1.29, 1.82) is 0 Å². The average molecular weight is 236 g/mol. The van der Waals surface area contributed by atoms with Crippen LogP contribution in [0, 0.1) is 5.41 Å². The molecule has 5 nitrogen and oxygen atoms in total. The monoisotopic (exact) mass is 236 g/mol. The van der Waals surface area contributed by atoms with Crippen molar-refractivity contribution in [1.82, 2.24) is 15.3 Å². The average Bonchev–Trinajstić information content (AvgIpc) is 2.25. The number of nitrogens with one attached hydrogen (secondary N) is 1. The van der Waals surface area contributed by atoms with Crippen LogP contribution in [-0.2, 0) is 0 Å². The number of rotatable bonds is 4. The van der Waals surface area contributed by atoms with E-state index in [2.05, 4.69) is 36.1 Å². The Labute approximate surface area is 102 Å². The molecule has 1 heterocycles. The fraction of sp³-hybridized carbons (Fsp3) is 0.583. The van der Waals surface area contributed by atoms with Crippen LogP contribution in [0.1, 0.15) is 37.6 Å². The number of hydrogen-bond donors (Lipinski definition) is 2. The number of carbonyl (C=O) groups excluding carboxylic acids is 1. The maximum atomic E-state index is 11.7. The second-order valence-electron chi connectivity index (χ2n) is 5.36. The minimum Gasteiger partial charge on any atom is -0.350 e. The van der Waals surface area contributed by atoms with E-state index in [1.54, 1.807) is 0 Å². The fourth-order valence-corrected chi connectivity index (χ4v) is 1.60. The molecule has 5 heteroatoms. The van der Waals surface area contributed by atoms with Gasteiger partial charge in [0.2, 0.25) is 0 Å². The van der Waals surface area contributed by atoms with Gasteiger partial charge in [-0.3, -0.25) is 4.79 Å². The van der Waals surface area contributed by atoms with E-state index in [0.29, 0.717) is 12.1 Å². The van der Waals surface area contributed by atoms with E-state index < -0.39 is 0 Å². The van der Waals surface area contributed by atoms with Crippen molar-refractivity contribution in [2.24, 2.45) is 11.1 Å². The van der Waals surface area contributed by atoms with E-state index in [0.717, 1.165) is 6.42 Å². The first-order valence-electron chi connectivity index (χ1n) is 5.67. The SMILES string of the molecule is CC(C)(C)CC(N)CNC(=O)c1cncnc1. The van der Waals surface area contributed by atoms with Gasteiger partial charge in [0.25, 0.3) is 5.91 Å². The van der Waals surface area contributed by atoms with Gasteiger partial charge in [-0.1, -0.05) is 20.8 Å². The van der Waals surface area contributed by atoms with Gasteiger partial charge in [0, 0.05) is 25.0 Å². The Morgan fingerprint density at radius 2 is 2.00 bits per heavy atom. The lowest BCUT2D eigenvalue weighted by atomic mass is 9.88. The van der Waals surface area contributed by atoms with Gasteiger partial charge in [0.1, 0.15) is 6.33 Å². The van der Waals surface area contributed by atoms with E-state index in [-0.39, 0.29) is 17.4 Å². The molecule has 0 aliphatic heterocycles. The molecule has 1 aromatic heterocycles. The van der Waals surface area contributed by atoms with Crippen molar-refractivity contribution in [2.45, 2.75) is 33.2 Å². The Balaban J connectivity index is 2.39. The molecule has 17 heavy (non-hydrogen) atoms. The van der Waals surface area contributed by atoms with Gasteiger partial charge in [0.15, 0.2) is 0 Å². The van der Waals surface area contributed by atoms with Crippen molar-refractivity contribution in [3.05, 3.63) is 24.3 Å². The smallest absolute Gasteiger partial charge is 0.254 e. The zero-order valence-corrected chi connectivity index (χ0v) is 10.6. The maximum absolute atomic E-state index is 11.7. The molecule has 1 atom stereocenters. The molecule has 0 fully saturated rings. The summed E-state index contributed by atoms with van der Waals surface area (Å²) in [6, 6.07) is -0.0384. The molecule has 94 valence electrons. The molecule has 1 aromatic rings. The molecule has 0 saturated carbocycles. The quantitative estimate of drug-likeness (QED) is 0.816. The van der Waals surface area contributed by atoms with Crippen molar-refractivity contribution >= 4 is 5.91 Å².